The van der Waals surface area contributed by atoms with Crippen molar-refractivity contribution in [3.05, 3.63) is 0 Å². The van der Waals surface area contributed by atoms with Gasteiger partial charge in [-0.05, 0) is 0 Å². The van der Waals surface area contributed by atoms with E-state index in [0.29, 0.717) is 0 Å². The van der Waals surface area contributed by atoms with Crippen molar-refractivity contribution in [2.45, 2.75) is 0 Å². The standard InChI is InChI=1S/F2O2S.HNO2S/c1-5(2,3)4;1-4(2)3/h;1H. The predicted molar refractivity (Wildman–Crippen MR) is 22.8 cm³/mol. The zero-order valence-corrected chi connectivity index (χ0v) is 5.34. The maximum absolute atomic E-state index is 9.99. The van der Waals surface area contributed by atoms with Gasteiger partial charge in [-0.1, -0.05) is 7.77 Å². The second kappa shape index (κ2) is 4.32. The van der Waals surface area contributed by atoms with Gasteiger partial charge < -0.3 is 0 Å². The van der Waals surface area contributed by atoms with E-state index in [1.165, 1.54) is 0 Å². The molecule has 0 heterocycles. The zero-order valence-electron chi connectivity index (χ0n) is 3.71. The molecule has 0 aliphatic rings. The van der Waals surface area contributed by atoms with Gasteiger partial charge in [0.05, 0.1) is 0 Å². The van der Waals surface area contributed by atoms with Gasteiger partial charge in [0.25, 0.3) is 0 Å². The van der Waals surface area contributed by atoms with Crippen molar-refractivity contribution in [3.8, 4) is 0 Å². The lowest BCUT2D eigenvalue weighted by molar-refractivity contribution is 0.501. The van der Waals surface area contributed by atoms with Gasteiger partial charge in [0.1, 0.15) is 0 Å². The fourth-order valence-corrected chi connectivity index (χ4v) is 0. The van der Waals surface area contributed by atoms with E-state index >= 15 is 0 Å². The lowest BCUT2D eigenvalue weighted by Gasteiger charge is -1.57. The molecular weight excluding hydrogens is 180 g/mol. The van der Waals surface area contributed by atoms with Gasteiger partial charge in [-0.2, -0.15) is 21.6 Å². The Kier molecular flexibility index (Phi) is 5.41. The first kappa shape index (κ1) is 11.3. The first-order chi connectivity index (χ1) is 3.73. The zero-order chi connectivity index (χ0) is 8.08. The van der Waals surface area contributed by atoms with Crippen LogP contribution in [-0.4, -0.2) is 16.8 Å². The monoisotopic (exact) mass is 181 g/mol. The lowest BCUT2D eigenvalue weighted by atomic mass is 14.0. The molecule has 9 heavy (non-hydrogen) atoms. The fraction of sp³-hybridized carbons (Fsp3) is 0. The molecule has 0 fully saturated rings. The summed E-state index contributed by atoms with van der Waals surface area (Å²) in [6.45, 7) is 0. The van der Waals surface area contributed by atoms with E-state index < -0.39 is 21.1 Å². The van der Waals surface area contributed by atoms with Gasteiger partial charge >= 0.3 is 21.1 Å². The smallest absolute Gasteiger partial charge is 0.188 e. The minimum Gasteiger partial charge on any atom is -0.188 e. The molecule has 9 heteroatoms. The molecule has 0 aromatic carbocycles. The van der Waals surface area contributed by atoms with Crippen molar-refractivity contribution >= 4 is 21.1 Å². The van der Waals surface area contributed by atoms with Crippen LogP contribution in [0.4, 0.5) is 7.77 Å². The second-order valence-corrected chi connectivity index (χ2v) is 1.84. The first-order valence-electron chi connectivity index (χ1n) is 1.18. The number of hydrogen-bond donors (Lipinski definition) is 1. The van der Waals surface area contributed by atoms with Gasteiger partial charge in [0.2, 0.25) is 0 Å². The lowest BCUT2D eigenvalue weighted by Crippen LogP contribution is -1.69. The highest BCUT2D eigenvalue weighted by molar-refractivity contribution is 7.81. The summed E-state index contributed by atoms with van der Waals surface area (Å²) in [5, 5.41) is 0. The molecule has 0 aliphatic heterocycles. The quantitative estimate of drug-likeness (QED) is 0.523. The van der Waals surface area contributed by atoms with Crippen LogP contribution in [0.2, 0.25) is 0 Å². The molecule has 0 amide bonds. The molecular formula is HF2NO4S2. The average molecular weight is 181 g/mol. The summed E-state index contributed by atoms with van der Waals surface area (Å²) in [7, 11) is -8.28. The molecule has 0 radical (unpaired) electrons. The summed E-state index contributed by atoms with van der Waals surface area (Å²) in [6.07, 6.45) is 0. The molecule has 0 saturated heterocycles. The molecule has 5 nitrogen and oxygen atoms in total. The summed E-state index contributed by atoms with van der Waals surface area (Å²) >= 11 is 0. The Labute approximate surface area is 51.3 Å². The van der Waals surface area contributed by atoms with Crippen LogP contribution in [0.15, 0.2) is 0 Å². The highest BCUT2D eigenvalue weighted by Gasteiger charge is 1.94. The minimum absolute atomic E-state index is 2.61. The van der Waals surface area contributed by atoms with E-state index in [-0.39, 0.29) is 0 Å². The SMILES string of the molecule is N=S(=O)=O.O=S(=O)(F)F. The Morgan fingerprint density at radius 2 is 1.22 bits per heavy atom. The summed E-state index contributed by atoms with van der Waals surface area (Å²) in [4.78, 5) is 0. The largest absolute Gasteiger partial charge is 0.476 e. The predicted octanol–water partition coefficient (Wildman–Crippen LogP) is -0.202. The van der Waals surface area contributed by atoms with Gasteiger partial charge in [0, 0.05) is 0 Å². The third kappa shape index (κ3) is 674. The number of hydrogen-bond acceptors (Lipinski definition) is 5. The van der Waals surface area contributed by atoms with Crippen molar-refractivity contribution in [2.24, 2.45) is 0 Å². The van der Waals surface area contributed by atoms with Crippen molar-refractivity contribution in [1.82, 2.24) is 0 Å². The van der Waals surface area contributed by atoms with Crippen molar-refractivity contribution in [1.29, 1.82) is 4.78 Å². The third-order valence-electron chi connectivity index (χ3n) is 0. The van der Waals surface area contributed by atoms with Crippen LogP contribution in [-0.2, 0) is 21.1 Å². The molecule has 0 spiro atoms. The normalized spacial score (nSPS) is 9.11. The van der Waals surface area contributed by atoms with E-state index in [9.17, 15) is 7.77 Å². The number of halogens is 2. The van der Waals surface area contributed by atoms with Gasteiger partial charge in [0.15, 0.2) is 0 Å². The third-order valence-corrected chi connectivity index (χ3v) is 0. The van der Waals surface area contributed by atoms with Gasteiger partial charge in [-0.3, -0.25) is 0 Å². The molecule has 0 aliphatic carbocycles. The maximum atomic E-state index is 9.99. The molecule has 0 unspecified atom stereocenters. The number of rotatable bonds is 0. The topological polar surface area (TPSA) is 92.1 Å². The average Bonchev–Trinajstić information content (AvgIpc) is 1.19. The number of nitrogens with one attached hydrogen (secondary N) is 1. The first-order valence-corrected chi connectivity index (χ1v) is 3.54. The van der Waals surface area contributed by atoms with E-state index in [2.05, 4.69) is 0 Å². The Bertz CT molecular complexity index is 229. The second-order valence-electron chi connectivity index (χ2n) is 0.613. The maximum Gasteiger partial charge on any atom is 0.476 e. The van der Waals surface area contributed by atoms with Crippen LogP contribution in [0.1, 0.15) is 0 Å². The molecule has 1 N–H and O–H groups in total. The summed E-state index contributed by atoms with van der Waals surface area (Å²) < 4.78 is 59.4. The van der Waals surface area contributed by atoms with Crippen LogP contribution in [0, 0.1) is 4.78 Å². The van der Waals surface area contributed by atoms with E-state index in [1.807, 2.05) is 0 Å². The molecule has 0 aromatic rings. The Balaban J connectivity index is 0. The van der Waals surface area contributed by atoms with Crippen LogP contribution in [0.5, 0.6) is 0 Å². The highest BCUT2D eigenvalue weighted by Crippen LogP contribution is 1.85. The van der Waals surface area contributed by atoms with E-state index in [0.717, 1.165) is 0 Å². The summed E-state index contributed by atoms with van der Waals surface area (Å²) in [5.41, 5.74) is 0. The molecule has 0 atom stereocenters. The van der Waals surface area contributed by atoms with Crippen LogP contribution >= 0.6 is 0 Å². The van der Waals surface area contributed by atoms with Crippen molar-refractivity contribution in [2.75, 3.05) is 0 Å². The summed E-state index contributed by atoms with van der Waals surface area (Å²) in [6, 6.07) is 0. The van der Waals surface area contributed by atoms with Gasteiger partial charge in [-0.25, -0.2) is 0 Å². The molecule has 0 aromatic heterocycles. The highest BCUT2D eigenvalue weighted by atomic mass is 32.3. The van der Waals surface area contributed by atoms with Crippen LogP contribution < -0.4 is 0 Å². The van der Waals surface area contributed by atoms with Crippen LogP contribution in [0.3, 0.4) is 0 Å². The van der Waals surface area contributed by atoms with E-state index in [1.54, 1.807) is 0 Å². The molecule has 56 valence electrons. The van der Waals surface area contributed by atoms with E-state index in [4.69, 9.17) is 21.6 Å². The summed E-state index contributed by atoms with van der Waals surface area (Å²) in [5.74, 6) is 0. The minimum atomic E-state index is -5.67. The Hall–Kier alpha value is -0.570. The molecule has 0 saturated carbocycles. The molecule has 0 bridgehead atoms. The Morgan fingerprint density at radius 3 is 1.22 bits per heavy atom. The fourth-order valence-electron chi connectivity index (χ4n) is 0. The van der Waals surface area contributed by atoms with Gasteiger partial charge in [-0.15, -0.1) is 0 Å². The van der Waals surface area contributed by atoms with Crippen LogP contribution in [0.25, 0.3) is 0 Å². The molecule has 0 rings (SSSR count). The van der Waals surface area contributed by atoms with Crippen molar-refractivity contribution < 1.29 is 24.6 Å². The Morgan fingerprint density at radius 1 is 1.22 bits per heavy atom. The van der Waals surface area contributed by atoms with Crippen molar-refractivity contribution in [3.63, 3.8) is 0 Å².